The number of aliphatic hydroxyl groups excluding tert-OH is 1. The van der Waals surface area contributed by atoms with Gasteiger partial charge in [0.2, 0.25) is 0 Å². The average Bonchev–Trinajstić information content (AvgIpc) is 0.902. The molecule has 0 aromatic rings. The fourth-order valence-electron chi connectivity index (χ4n) is 13.5. The number of carbonyl (C=O) groups excluding carboxylic acids is 4. The van der Waals surface area contributed by atoms with Gasteiger partial charge >= 0.3 is 39.5 Å². The van der Waals surface area contributed by atoms with Gasteiger partial charge in [0.05, 0.1) is 26.4 Å². The van der Waals surface area contributed by atoms with Crippen LogP contribution in [0, 0.1) is 17.8 Å². The monoisotopic (exact) mass is 1550 g/mol. The highest BCUT2D eigenvalue weighted by atomic mass is 31.2. The van der Waals surface area contributed by atoms with Crippen molar-refractivity contribution in [3.63, 3.8) is 0 Å². The van der Waals surface area contributed by atoms with E-state index in [1.165, 1.54) is 263 Å². The third kappa shape index (κ3) is 78.7. The number of aliphatic hydroxyl groups is 1. The van der Waals surface area contributed by atoms with Gasteiger partial charge in [0.15, 0.2) is 12.2 Å². The smallest absolute Gasteiger partial charge is 0.462 e. The van der Waals surface area contributed by atoms with Crippen molar-refractivity contribution < 1.29 is 80.2 Å². The van der Waals surface area contributed by atoms with Crippen molar-refractivity contribution in [2.75, 3.05) is 39.6 Å². The number of phosphoric ester groups is 2. The summed E-state index contributed by atoms with van der Waals surface area (Å²) in [5, 5.41) is 10.6. The number of unbranched alkanes of at least 4 members (excludes halogenated alkanes) is 52. The second-order valence-electron chi connectivity index (χ2n) is 32.5. The number of esters is 4. The Morgan fingerprint density at radius 1 is 0.274 bits per heavy atom. The van der Waals surface area contributed by atoms with E-state index in [-0.39, 0.29) is 25.7 Å². The van der Waals surface area contributed by atoms with Crippen LogP contribution in [0.15, 0.2) is 0 Å². The van der Waals surface area contributed by atoms with E-state index in [0.29, 0.717) is 25.7 Å². The Morgan fingerprint density at radius 3 is 0.717 bits per heavy atom. The molecule has 0 spiro atoms. The SMILES string of the molecule is CCCCCCCC(=O)OC[C@H](COP(=O)(O)OC[C@H](O)COP(=O)(O)OC[C@@H](COC(=O)CCCCCCCCCCCCCCCCCCCCC(C)C)OC(=O)CCCCCCCCCCCCCCCCCCCCC(C)CC)OC(=O)CCCCCCCCCCCCCCCCCC(C)C. The van der Waals surface area contributed by atoms with Crippen LogP contribution in [-0.4, -0.2) is 96.7 Å². The van der Waals surface area contributed by atoms with Crippen LogP contribution in [0.5, 0.6) is 0 Å². The zero-order chi connectivity index (χ0) is 77.9. The number of hydrogen-bond acceptors (Lipinski definition) is 15. The van der Waals surface area contributed by atoms with Crippen molar-refractivity contribution in [1.29, 1.82) is 0 Å². The molecule has 0 aliphatic carbocycles. The first-order valence-corrected chi connectivity index (χ1v) is 47.9. The van der Waals surface area contributed by atoms with E-state index in [2.05, 4.69) is 48.5 Å². The summed E-state index contributed by atoms with van der Waals surface area (Å²) in [6.45, 7) is 12.0. The van der Waals surface area contributed by atoms with Gasteiger partial charge in [-0.3, -0.25) is 37.3 Å². The maximum atomic E-state index is 13.1. The quantitative estimate of drug-likeness (QED) is 0.0222. The Balaban J connectivity index is 5.10. The molecule has 0 aliphatic rings. The molecule has 0 radical (unpaired) electrons. The summed E-state index contributed by atoms with van der Waals surface area (Å²) in [5.74, 6) is 0.382. The van der Waals surface area contributed by atoms with Gasteiger partial charge < -0.3 is 33.8 Å². The predicted molar refractivity (Wildman–Crippen MR) is 437 cm³/mol. The van der Waals surface area contributed by atoms with Crippen LogP contribution in [0.4, 0.5) is 0 Å². The van der Waals surface area contributed by atoms with E-state index in [1.54, 1.807) is 0 Å². The molecule has 6 atom stereocenters. The summed E-state index contributed by atoms with van der Waals surface area (Å²) < 4.78 is 68.7. The molecular weight excluding hydrogens is 1380 g/mol. The molecule has 0 bridgehead atoms. The summed E-state index contributed by atoms with van der Waals surface area (Å²) >= 11 is 0. The molecule has 0 amide bonds. The third-order valence-electron chi connectivity index (χ3n) is 20.7. The first-order chi connectivity index (χ1) is 51.3. The lowest BCUT2D eigenvalue weighted by Crippen LogP contribution is -2.30. The fraction of sp³-hybridized carbons (Fsp3) is 0.954. The summed E-state index contributed by atoms with van der Waals surface area (Å²) in [6, 6.07) is 0. The molecule has 0 aliphatic heterocycles. The highest BCUT2D eigenvalue weighted by molar-refractivity contribution is 7.47. The summed E-state index contributed by atoms with van der Waals surface area (Å²) in [5.41, 5.74) is 0. The molecule has 19 heteroatoms. The molecule has 0 aromatic carbocycles. The summed E-state index contributed by atoms with van der Waals surface area (Å²) in [6.07, 6.45) is 68.6. The minimum Gasteiger partial charge on any atom is -0.462 e. The lowest BCUT2D eigenvalue weighted by atomic mass is 9.99. The highest BCUT2D eigenvalue weighted by Gasteiger charge is 2.30. The van der Waals surface area contributed by atoms with Crippen molar-refractivity contribution in [1.82, 2.24) is 0 Å². The van der Waals surface area contributed by atoms with Gasteiger partial charge in [-0.25, -0.2) is 9.13 Å². The number of hydrogen-bond donors (Lipinski definition) is 3. The van der Waals surface area contributed by atoms with Gasteiger partial charge in [0.25, 0.3) is 0 Å². The van der Waals surface area contributed by atoms with Crippen LogP contribution < -0.4 is 0 Å². The maximum Gasteiger partial charge on any atom is 0.472 e. The Kier molecular flexibility index (Phi) is 75.6. The van der Waals surface area contributed by atoms with E-state index in [0.717, 1.165) is 114 Å². The number of phosphoric acid groups is 2. The van der Waals surface area contributed by atoms with E-state index in [4.69, 9.17) is 37.0 Å². The van der Waals surface area contributed by atoms with Crippen LogP contribution >= 0.6 is 15.6 Å². The van der Waals surface area contributed by atoms with E-state index in [9.17, 15) is 43.2 Å². The highest BCUT2D eigenvalue weighted by Crippen LogP contribution is 2.45. The van der Waals surface area contributed by atoms with E-state index < -0.39 is 97.5 Å². The molecule has 0 fully saturated rings. The number of carbonyl (C=O) groups is 4. The second-order valence-corrected chi connectivity index (χ2v) is 35.4. The van der Waals surface area contributed by atoms with Crippen LogP contribution in [0.1, 0.15) is 459 Å². The van der Waals surface area contributed by atoms with Gasteiger partial charge in [-0.2, -0.15) is 0 Å². The lowest BCUT2D eigenvalue weighted by molar-refractivity contribution is -0.161. The van der Waals surface area contributed by atoms with Crippen molar-refractivity contribution in [3.05, 3.63) is 0 Å². The molecular formula is C87H170O17P2. The molecule has 0 saturated carbocycles. The maximum absolute atomic E-state index is 13.1. The molecule has 630 valence electrons. The largest absolute Gasteiger partial charge is 0.472 e. The van der Waals surface area contributed by atoms with Gasteiger partial charge in [-0.15, -0.1) is 0 Å². The topological polar surface area (TPSA) is 237 Å². The molecule has 0 aromatic heterocycles. The van der Waals surface area contributed by atoms with E-state index in [1.807, 2.05) is 0 Å². The number of rotatable bonds is 85. The zero-order valence-electron chi connectivity index (χ0n) is 69.9. The first-order valence-electron chi connectivity index (χ1n) is 44.9. The molecule has 3 unspecified atom stereocenters. The normalized spacial score (nSPS) is 14.1. The predicted octanol–water partition coefficient (Wildman–Crippen LogP) is 26.5. The minimum atomic E-state index is -4.96. The third-order valence-corrected chi connectivity index (χ3v) is 22.6. The van der Waals surface area contributed by atoms with Gasteiger partial charge in [-0.1, -0.05) is 408 Å². The molecule has 0 rings (SSSR count). The lowest BCUT2D eigenvalue weighted by Gasteiger charge is -2.21. The molecule has 17 nitrogen and oxygen atoms in total. The Bertz CT molecular complexity index is 2050. The van der Waals surface area contributed by atoms with Crippen molar-refractivity contribution in [2.24, 2.45) is 17.8 Å². The number of ether oxygens (including phenoxy) is 4. The Morgan fingerprint density at radius 2 is 0.481 bits per heavy atom. The Hall–Kier alpha value is -1.94. The van der Waals surface area contributed by atoms with Crippen molar-refractivity contribution >= 4 is 39.5 Å². The molecule has 0 heterocycles. The second kappa shape index (κ2) is 77.0. The summed E-state index contributed by atoms with van der Waals surface area (Å²) in [7, 11) is -9.92. The van der Waals surface area contributed by atoms with Crippen LogP contribution in [-0.2, 0) is 65.4 Å². The van der Waals surface area contributed by atoms with Crippen molar-refractivity contribution in [2.45, 2.75) is 478 Å². The summed E-state index contributed by atoms with van der Waals surface area (Å²) in [4.78, 5) is 72.9. The fourth-order valence-corrected chi connectivity index (χ4v) is 15.1. The molecule has 106 heavy (non-hydrogen) atoms. The molecule has 3 N–H and O–H groups in total. The Labute approximate surface area is 651 Å². The van der Waals surface area contributed by atoms with Gasteiger partial charge in [0, 0.05) is 25.7 Å². The first kappa shape index (κ1) is 104. The van der Waals surface area contributed by atoms with Gasteiger partial charge in [0.1, 0.15) is 19.3 Å². The molecule has 0 saturated heterocycles. The van der Waals surface area contributed by atoms with E-state index >= 15 is 0 Å². The minimum absolute atomic E-state index is 0.107. The average molecular weight is 1550 g/mol. The zero-order valence-corrected chi connectivity index (χ0v) is 71.7. The van der Waals surface area contributed by atoms with Crippen LogP contribution in [0.3, 0.4) is 0 Å². The van der Waals surface area contributed by atoms with Crippen LogP contribution in [0.25, 0.3) is 0 Å². The van der Waals surface area contributed by atoms with Crippen LogP contribution in [0.2, 0.25) is 0 Å². The van der Waals surface area contributed by atoms with Crippen molar-refractivity contribution in [3.8, 4) is 0 Å². The standard InChI is InChI=1S/C87H170O17P2/c1-8-10-11-51-61-68-84(89)97-74-82(103-86(91)70-63-57-50-44-38-32-26-20-22-28-34-40-46-53-59-66-79(5)6)76-101-105(93,94)99-72-81(88)73-100-106(95,96)102-77-83(75-98-85(90)69-62-55-48-42-36-30-24-18-14-12-16-21-27-33-39-45-52-58-65-78(3)4)104-87(92)71-64-56-49-43-37-31-25-19-15-13-17-23-29-35-41-47-54-60-67-80(7)9-2/h78-83,88H,8-77H2,1-7H3,(H,93,94)(H,95,96)/t80?,81-,82+,83+/m0/s1. The van der Waals surface area contributed by atoms with Gasteiger partial charge in [-0.05, 0) is 43.4 Å².